The second kappa shape index (κ2) is 13.0. The summed E-state index contributed by atoms with van der Waals surface area (Å²) in [6.07, 6.45) is -0.0554. The van der Waals surface area contributed by atoms with Crippen molar-refractivity contribution in [2.75, 3.05) is 11.1 Å². The van der Waals surface area contributed by atoms with Gasteiger partial charge in [0.05, 0.1) is 5.70 Å². The number of nitrogens with one attached hydrogen (secondary N) is 2. The maximum Gasteiger partial charge on any atom is 0.413 e. The largest absolute Gasteiger partial charge is 0.457 e. The second-order valence-electron chi connectivity index (χ2n) is 13.0. The van der Waals surface area contributed by atoms with Gasteiger partial charge >= 0.3 is 12.1 Å². The molecule has 4 rings (SSSR count). The number of thioether (sulfide) groups is 1. The number of carbonyl (C=O) groups excluding carboxylic acids is 4. The van der Waals surface area contributed by atoms with Gasteiger partial charge in [-0.25, -0.2) is 19.3 Å². The number of carbonyl (C=O) groups is 4. The number of rotatable bonds is 9. The Kier molecular flexibility index (Phi) is 9.87. The molecule has 1 saturated heterocycles. The Labute approximate surface area is 275 Å². The normalized spacial score (nSPS) is 18.8. The third-order valence-corrected chi connectivity index (χ3v) is 8.40. The van der Waals surface area contributed by atoms with Gasteiger partial charge in [0, 0.05) is 11.1 Å². The van der Waals surface area contributed by atoms with E-state index >= 15 is 0 Å². The number of esters is 1. The number of oxime groups is 1. The summed E-state index contributed by atoms with van der Waals surface area (Å²) in [5.41, 5.74) is -1.84. The molecule has 248 valence electrons. The molecule has 0 radical (unpaired) electrons. The zero-order valence-electron chi connectivity index (χ0n) is 27.5. The van der Waals surface area contributed by atoms with Crippen LogP contribution in [0, 0.1) is 0 Å². The SMILES string of the molecule is Bn1nnc(C2=C(CC)CS[C@@H]3[C@H](NC(=O)/C(=N\OC(C)(C)C(=O)OC(C)(C)C)c4csc(NC(=O)OC(C)(C)C)n4)C(=O)N23)n1. The molecule has 46 heavy (non-hydrogen) atoms. The molecule has 16 nitrogen and oxygen atoms in total. The van der Waals surface area contributed by atoms with Gasteiger partial charge in [0.1, 0.15) is 28.3 Å². The number of ether oxygens (including phenoxy) is 2. The number of anilines is 1. The Morgan fingerprint density at radius 3 is 2.37 bits per heavy atom. The van der Waals surface area contributed by atoms with Crippen molar-refractivity contribution < 1.29 is 33.5 Å². The number of thiazole rings is 1. The molecule has 1 fully saturated rings. The van der Waals surface area contributed by atoms with Crippen LogP contribution in [0.4, 0.5) is 9.93 Å². The van der Waals surface area contributed by atoms with Crippen molar-refractivity contribution >= 4 is 71.5 Å². The first-order valence-corrected chi connectivity index (χ1v) is 16.4. The van der Waals surface area contributed by atoms with Gasteiger partial charge in [-0.3, -0.25) is 19.8 Å². The Balaban J connectivity index is 1.59. The summed E-state index contributed by atoms with van der Waals surface area (Å²) >= 11 is 2.52. The van der Waals surface area contributed by atoms with Crippen LogP contribution in [0.5, 0.6) is 0 Å². The lowest BCUT2D eigenvalue weighted by Crippen LogP contribution is -2.70. The Morgan fingerprint density at radius 2 is 1.78 bits per heavy atom. The highest BCUT2D eigenvalue weighted by Gasteiger charge is 2.54. The highest BCUT2D eigenvalue weighted by Crippen LogP contribution is 2.44. The van der Waals surface area contributed by atoms with Crippen LogP contribution >= 0.6 is 23.1 Å². The van der Waals surface area contributed by atoms with Crippen molar-refractivity contribution in [2.24, 2.45) is 5.16 Å². The topological polar surface area (TPSA) is 192 Å². The molecule has 0 saturated carbocycles. The molecular formula is C27H38BN9O7S2. The molecule has 2 aromatic heterocycles. The predicted octanol–water partition coefficient (Wildman–Crippen LogP) is 1.94. The molecule has 2 aromatic rings. The van der Waals surface area contributed by atoms with E-state index in [1.165, 1.54) is 35.7 Å². The first-order chi connectivity index (χ1) is 21.3. The molecule has 0 unspecified atom stereocenters. The van der Waals surface area contributed by atoms with Crippen LogP contribution in [0.1, 0.15) is 80.3 Å². The number of amides is 3. The van der Waals surface area contributed by atoms with Crippen molar-refractivity contribution in [3.8, 4) is 0 Å². The van der Waals surface area contributed by atoms with E-state index in [1.54, 1.807) is 54.4 Å². The molecule has 2 N–H and O–H groups in total. The zero-order chi connectivity index (χ0) is 34.2. The summed E-state index contributed by atoms with van der Waals surface area (Å²) in [7, 11) is 1.64. The van der Waals surface area contributed by atoms with Gasteiger partial charge in [0.25, 0.3) is 19.8 Å². The minimum absolute atomic E-state index is 0.0334. The van der Waals surface area contributed by atoms with Crippen molar-refractivity contribution in [3.05, 3.63) is 22.5 Å². The van der Waals surface area contributed by atoms with Gasteiger partial charge in [-0.2, -0.15) is 0 Å². The van der Waals surface area contributed by atoms with Crippen LogP contribution in [0.2, 0.25) is 0 Å². The van der Waals surface area contributed by atoms with E-state index in [1.807, 2.05) is 6.92 Å². The summed E-state index contributed by atoms with van der Waals surface area (Å²) < 4.78 is 12.0. The Bertz CT molecular complexity index is 1590. The van der Waals surface area contributed by atoms with E-state index in [0.717, 1.165) is 16.9 Å². The number of tetrazole rings is 1. The monoisotopic (exact) mass is 675 g/mol. The molecule has 0 bridgehead atoms. The van der Waals surface area contributed by atoms with Gasteiger partial charge in [0.15, 0.2) is 10.8 Å². The van der Waals surface area contributed by atoms with Gasteiger partial charge < -0.3 is 19.6 Å². The lowest BCUT2D eigenvalue weighted by atomic mass is 10.0. The van der Waals surface area contributed by atoms with Crippen molar-refractivity contribution in [1.82, 2.24) is 35.3 Å². The first-order valence-electron chi connectivity index (χ1n) is 14.5. The third-order valence-electron chi connectivity index (χ3n) is 6.31. The Morgan fingerprint density at radius 1 is 1.11 bits per heavy atom. The predicted molar refractivity (Wildman–Crippen MR) is 174 cm³/mol. The smallest absolute Gasteiger partial charge is 0.413 e. The standard InChI is InChI=1S/C27H38BN9O7S2/c1-10-13-11-45-21-16(20(39)36(21)17(13)18-32-35-37(28)33-18)30-19(38)15(34-44-27(8,9)22(40)42-25(2,3)4)14-12-46-23(29-14)31-24(41)43-26(5,6)7/h12,16,21H,10-11,28H2,1-9H3,(H,30,38)(H,29,31,41)/b34-15-/t16-,21-/m1/s1. The van der Waals surface area contributed by atoms with Crippen LogP contribution in [0.15, 0.2) is 16.1 Å². The molecule has 2 aliphatic heterocycles. The van der Waals surface area contributed by atoms with Crippen molar-refractivity contribution in [2.45, 2.75) is 97.0 Å². The maximum atomic E-state index is 13.8. The van der Waals surface area contributed by atoms with Crippen molar-refractivity contribution in [1.29, 1.82) is 0 Å². The molecule has 3 amide bonds. The van der Waals surface area contributed by atoms with Crippen LogP contribution < -0.4 is 10.6 Å². The fraction of sp³-hybridized carbons (Fsp3) is 0.593. The average molecular weight is 676 g/mol. The highest BCUT2D eigenvalue weighted by molar-refractivity contribution is 8.00. The number of nitrogens with zero attached hydrogens (tertiary/aromatic N) is 7. The maximum absolute atomic E-state index is 13.8. The average Bonchev–Trinajstić information content (AvgIpc) is 3.57. The van der Waals surface area contributed by atoms with E-state index in [9.17, 15) is 19.2 Å². The second-order valence-corrected chi connectivity index (χ2v) is 14.9. The zero-order valence-corrected chi connectivity index (χ0v) is 29.1. The van der Waals surface area contributed by atoms with Gasteiger partial charge in [-0.05, 0) is 67.4 Å². The molecule has 0 aliphatic carbocycles. The van der Waals surface area contributed by atoms with E-state index in [2.05, 4.69) is 36.2 Å². The summed E-state index contributed by atoms with van der Waals surface area (Å²) in [5, 5.41) is 22.8. The van der Waals surface area contributed by atoms with E-state index in [0.29, 0.717) is 23.7 Å². The molecule has 2 aliphatic rings. The van der Waals surface area contributed by atoms with Crippen LogP contribution in [0.25, 0.3) is 5.70 Å². The van der Waals surface area contributed by atoms with E-state index < -0.39 is 46.2 Å². The minimum atomic E-state index is -1.59. The highest BCUT2D eigenvalue weighted by atomic mass is 32.2. The van der Waals surface area contributed by atoms with Crippen LogP contribution in [-0.2, 0) is 28.7 Å². The van der Waals surface area contributed by atoms with Crippen LogP contribution in [0.3, 0.4) is 0 Å². The molecular weight excluding hydrogens is 637 g/mol. The van der Waals surface area contributed by atoms with Crippen LogP contribution in [-0.4, -0.2) is 102 Å². The fourth-order valence-corrected chi connectivity index (χ4v) is 6.32. The Hall–Kier alpha value is -4.00. The quantitative estimate of drug-likeness (QED) is 0.129. The lowest BCUT2D eigenvalue weighted by Gasteiger charge is -2.49. The number of hydrogen-bond acceptors (Lipinski definition) is 14. The van der Waals surface area contributed by atoms with E-state index in [4.69, 9.17) is 14.3 Å². The third kappa shape index (κ3) is 8.04. The van der Waals surface area contributed by atoms with Gasteiger partial charge in [-0.15, -0.1) is 33.3 Å². The molecule has 2 atom stereocenters. The number of fused-ring (bicyclic) bond motifs is 1. The summed E-state index contributed by atoms with van der Waals surface area (Å²) in [6, 6.07) is -0.912. The fourth-order valence-electron chi connectivity index (χ4n) is 4.19. The van der Waals surface area contributed by atoms with E-state index in [-0.39, 0.29) is 22.4 Å². The molecule has 0 aromatic carbocycles. The summed E-state index contributed by atoms with van der Waals surface area (Å²) in [4.78, 5) is 63.8. The summed E-state index contributed by atoms with van der Waals surface area (Å²) in [5.74, 6) is -0.919. The summed E-state index contributed by atoms with van der Waals surface area (Å²) in [6.45, 7) is 15.2. The number of aromatic nitrogens is 5. The lowest BCUT2D eigenvalue weighted by molar-refractivity contribution is -0.179. The van der Waals surface area contributed by atoms with Gasteiger partial charge in [0.2, 0.25) is 11.4 Å². The number of β-lactam (4-membered cyclic amide) rings is 1. The molecule has 4 heterocycles. The molecule has 0 spiro atoms. The number of hydrogen-bond donors (Lipinski definition) is 2. The van der Waals surface area contributed by atoms with Crippen molar-refractivity contribution in [3.63, 3.8) is 0 Å². The van der Waals surface area contributed by atoms with Gasteiger partial charge in [-0.1, -0.05) is 17.3 Å². The minimum Gasteiger partial charge on any atom is -0.457 e. The molecule has 19 heteroatoms. The first kappa shape index (κ1) is 34.9.